The monoisotopic (exact) mass is 323 g/mol. The molecule has 2 N–H and O–H groups in total. The largest absolute Gasteiger partial charge is 0.493 e. The lowest BCUT2D eigenvalue weighted by Gasteiger charge is -2.15. The molecule has 1 aromatic carbocycles. The average molecular weight is 323 g/mol. The van der Waals surface area contributed by atoms with Gasteiger partial charge in [-0.1, -0.05) is 13.0 Å². The van der Waals surface area contributed by atoms with Crippen LogP contribution in [0, 0.1) is 5.92 Å². The maximum absolute atomic E-state index is 11.4. The van der Waals surface area contributed by atoms with E-state index in [2.05, 4.69) is 20.4 Å². The normalized spacial score (nSPS) is 12.3. The Morgan fingerprint density at radius 2 is 1.87 bits per heavy atom. The van der Waals surface area contributed by atoms with Crippen molar-refractivity contribution < 1.29 is 19.0 Å². The zero-order valence-electron chi connectivity index (χ0n) is 14.3. The smallest absolute Gasteiger partial charge is 0.310 e. The molecule has 0 saturated carbocycles. The average Bonchev–Trinajstić information content (AvgIpc) is 2.60. The van der Waals surface area contributed by atoms with E-state index in [1.54, 1.807) is 28.2 Å². The van der Waals surface area contributed by atoms with E-state index >= 15 is 0 Å². The minimum atomic E-state index is -0.257. The predicted molar refractivity (Wildman–Crippen MR) is 88.9 cm³/mol. The number of carbonyl (C=O) groups is 1. The highest BCUT2D eigenvalue weighted by atomic mass is 16.5. The van der Waals surface area contributed by atoms with Gasteiger partial charge in [0.25, 0.3) is 0 Å². The molecule has 1 atom stereocenters. The Morgan fingerprint density at radius 3 is 2.43 bits per heavy atom. The molecule has 0 spiro atoms. The number of aliphatic imine (C=N–C) groups is 1. The molecule has 0 amide bonds. The second-order valence-corrected chi connectivity index (χ2v) is 4.92. The van der Waals surface area contributed by atoms with Gasteiger partial charge in [-0.3, -0.25) is 9.79 Å². The number of benzene rings is 1. The first-order valence-corrected chi connectivity index (χ1v) is 7.29. The standard InChI is InChI=1S/C16H25N3O4/c1-11(15(20)23-5)9-18-16(17-2)19-10-12-6-7-13(21-3)14(8-12)22-4/h6-8,11H,9-10H2,1-5H3,(H2,17,18,19). The molecule has 0 fully saturated rings. The molecular weight excluding hydrogens is 298 g/mol. The second-order valence-electron chi connectivity index (χ2n) is 4.92. The van der Waals surface area contributed by atoms with Crippen LogP contribution in [0.4, 0.5) is 0 Å². The lowest BCUT2D eigenvalue weighted by molar-refractivity contribution is -0.144. The number of ether oxygens (including phenoxy) is 3. The van der Waals surface area contributed by atoms with Gasteiger partial charge < -0.3 is 24.8 Å². The molecule has 0 heterocycles. The summed E-state index contributed by atoms with van der Waals surface area (Å²) in [5.74, 6) is 1.46. The van der Waals surface area contributed by atoms with Crippen LogP contribution in [-0.4, -0.2) is 46.9 Å². The highest BCUT2D eigenvalue weighted by Gasteiger charge is 2.13. The Bertz CT molecular complexity index is 546. The molecule has 0 radical (unpaired) electrons. The maximum atomic E-state index is 11.4. The summed E-state index contributed by atoms with van der Waals surface area (Å²) < 4.78 is 15.2. The van der Waals surface area contributed by atoms with Crippen LogP contribution in [0.3, 0.4) is 0 Å². The molecule has 23 heavy (non-hydrogen) atoms. The fourth-order valence-electron chi connectivity index (χ4n) is 1.93. The van der Waals surface area contributed by atoms with E-state index in [0.717, 1.165) is 5.56 Å². The van der Waals surface area contributed by atoms with Gasteiger partial charge >= 0.3 is 5.97 Å². The van der Waals surface area contributed by atoms with Gasteiger partial charge in [0.05, 0.1) is 27.2 Å². The quantitative estimate of drug-likeness (QED) is 0.445. The summed E-state index contributed by atoms with van der Waals surface area (Å²) in [7, 11) is 6.25. The Kier molecular flexibility index (Phi) is 7.73. The van der Waals surface area contributed by atoms with Gasteiger partial charge in [0, 0.05) is 20.1 Å². The Balaban J connectivity index is 2.56. The van der Waals surface area contributed by atoms with Crippen molar-refractivity contribution >= 4 is 11.9 Å². The zero-order valence-corrected chi connectivity index (χ0v) is 14.3. The Hall–Kier alpha value is -2.44. The van der Waals surface area contributed by atoms with E-state index < -0.39 is 0 Å². The van der Waals surface area contributed by atoms with Crippen molar-refractivity contribution in [3.8, 4) is 11.5 Å². The molecule has 0 bridgehead atoms. The second kappa shape index (κ2) is 9.55. The topological polar surface area (TPSA) is 81.2 Å². The van der Waals surface area contributed by atoms with Crippen molar-refractivity contribution in [3.05, 3.63) is 23.8 Å². The lowest BCUT2D eigenvalue weighted by Crippen LogP contribution is -2.40. The molecular formula is C16H25N3O4. The first-order chi connectivity index (χ1) is 11.0. The van der Waals surface area contributed by atoms with E-state index in [4.69, 9.17) is 9.47 Å². The van der Waals surface area contributed by atoms with Crippen LogP contribution in [0.1, 0.15) is 12.5 Å². The third kappa shape index (κ3) is 5.69. The maximum Gasteiger partial charge on any atom is 0.310 e. The number of guanidine groups is 1. The molecule has 0 aliphatic carbocycles. The van der Waals surface area contributed by atoms with Crippen molar-refractivity contribution in [1.82, 2.24) is 10.6 Å². The van der Waals surface area contributed by atoms with Crippen LogP contribution in [0.2, 0.25) is 0 Å². The van der Waals surface area contributed by atoms with E-state index in [0.29, 0.717) is 30.5 Å². The molecule has 1 unspecified atom stereocenters. The van der Waals surface area contributed by atoms with Gasteiger partial charge in [0.2, 0.25) is 0 Å². The Morgan fingerprint density at radius 1 is 1.17 bits per heavy atom. The highest BCUT2D eigenvalue weighted by Crippen LogP contribution is 2.27. The summed E-state index contributed by atoms with van der Waals surface area (Å²) in [5.41, 5.74) is 1.02. The first kappa shape index (κ1) is 18.6. The van der Waals surface area contributed by atoms with Gasteiger partial charge in [0.1, 0.15) is 0 Å². The predicted octanol–water partition coefficient (Wildman–Crippen LogP) is 1.18. The molecule has 0 saturated heterocycles. The van der Waals surface area contributed by atoms with Crippen molar-refractivity contribution in [2.45, 2.75) is 13.5 Å². The molecule has 0 aliphatic heterocycles. The van der Waals surface area contributed by atoms with Crippen molar-refractivity contribution in [2.75, 3.05) is 34.9 Å². The van der Waals surface area contributed by atoms with E-state index in [1.807, 2.05) is 18.2 Å². The van der Waals surface area contributed by atoms with Gasteiger partial charge in [-0.25, -0.2) is 0 Å². The van der Waals surface area contributed by atoms with Crippen LogP contribution in [0.15, 0.2) is 23.2 Å². The van der Waals surface area contributed by atoms with Gasteiger partial charge in [-0.2, -0.15) is 0 Å². The minimum Gasteiger partial charge on any atom is -0.493 e. The first-order valence-electron chi connectivity index (χ1n) is 7.29. The summed E-state index contributed by atoms with van der Waals surface area (Å²) in [6.45, 7) is 2.80. The minimum absolute atomic E-state index is 0.250. The third-order valence-corrected chi connectivity index (χ3v) is 3.31. The number of rotatable bonds is 7. The summed E-state index contributed by atoms with van der Waals surface area (Å²) >= 11 is 0. The fraction of sp³-hybridized carbons (Fsp3) is 0.500. The highest BCUT2D eigenvalue weighted by molar-refractivity contribution is 5.80. The zero-order chi connectivity index (χ0) is 17.2. The number of nitrogens with one attached hydrogen (secondary N) is 2. The van der Waals surface area contributed by atoms with Crippen LogP contribution in [0.25, 0.3) is 0 Å². The molecule has 1 aromatic rings. The number of hydrogen-bond acceptors (Lipinski definition) is 5. The summed E-state index contributed by atoms with van der Waals surface area (Å²) in [4.78, 5) is 15.5. The molecule has 7 nitrogen and oxygen atoms in total. The van der Waals surface area contributed by atoms with Crippen molar-refractivity contribution in [1.29, 1.82) is 0 Å². The lowest BCUT2D eigenvalue weighted by atomic mass is 10.2. The van der Waals surface area contributed by atoms with E-state index in [9.17, 15) is 4.79 Å². The summed E-state index contributed by atoms with van der Waals surface area (Å²) in [6, 6.07) is 5.69. The molecule has 1 rings (SSSR count). The Labute approximate surface area is 137 Å². The van der Waals surface area contributed by atoms with Crippen LogP contribution in [-0.2, 0) is 16.1 Å². The fourth-order valence-corrected chi connectivity index (χ4v) is 1.93. The van der Waals surface area contributed by atoms with Crippen molar-refractivity contribution in [3.63, 3.8) is 0 Å². The van der Waals surface area contributed by atoms with Crippen LogP contribution in [0.5, 0.6) is 11.5 Å². The molecule has 0 aliphatic rings. The number of methoxy groups -OCH3 is 3. The molecule has 128 valence electrons. The third-order valence-electron chi connectivity index (χ3n) is 3.31. The summed E-state index contributed by atoms with van der Waals surface area (Å²) in [5, 5.41) is 6.27. The van der Waals surface area contributed by atoms with Crippen LogP contribution < -0.4 is 20.1 Å². The number of nitrogens with zero attached hydrogens (tertiary/aromatic N) is 1. The van der Waals surface area contributed by atoms with Gasteiger partial charge in [-0.05, 0) is 17.7 Å². The molecule has 7 heteroatoms. The number of hydrogen-bond donors (Lipinski definition) is 2. The van der Waals surface area contributed by atoms with Gasteiger partial charge in [0.15, 0.2) is 17.5 Å². The van der Waals surface area contributed by atoms with E-state index in [-0.39, 0.29) is 11.9 Å². The van der Waals surface area contributed by atoms with Crippen LogP contribution >= 0.6 is 0 Å². The van der Waals surface area contributed by atoms with Gasteiger partial charge in [-0.15, -0.1) is 0 Å². The van der Waals surface area contributed by atoms with Crippen molar-refractivity contribution in [2.24, 2.45) is 10.9 Å². The number of esters is 1. The number of carbonyl (C=O) groups excluding carboxylic acids is 1. The summed E-state index contributed by atoms with van der Waals surface area (Å²) in [6.07, 6.45) is 0. The SMILES string of the molecule is CN=C(NCc1ccc(OC)c(OC)c1)NCC(C)C(=O)OC. The molecule has 0 aromatic heterocycles. The van der Waals surface area contributed by atoms with E-state index in [1.165, 1.54) is 7.11 Å².